The van der Waals surface area contributed by atoms with E-state index < -0.39 is 74.1 Å². The lowest BCUT2D eigenvalue weighted by atomic mass is 9.63. The minimum atomic E-state index is -3.13. The highest BCUT2D eigenvalue weighted by atomic mass is 28.4. The molecule has 0 bridgehead atoms. The van der Waals surface area contributed by atoms with E-state index in [1.54, 1.807) is 34.6 Å². The summed E-state index contributed by atoms with van der Waals surface area (Å²) < 4.78 is 17.4. The van der Waals surface area contributed by atoms with Crippen LogP contribution >= 0.6 is 0 Å². The molecule has 0 spiro atoms. The van der Waals surface area contributed by atoms with E-state index in [0.29, 0.717) is 19.8 Å². The summed E-state index contributed by atoms with van der Waals surface area (Å²) in [7, 11) is -3.13. The van der Waals surface area contributed by atoms with Gasteiger partial charge >= 0.3 is 32.7 Å². The fraction of sp³-hybridized carbons (Fsp3) is 0.760. The number of carbonyl (C=O) groups excluding carboxylic acids is 6. The summed E-state index contributed by atoms with van der Waals surface area (Å²) in [5, 5.41) is 2.51. The number of hydrogen-bond donors (Lipinski definition) is 5. The van der Waals surface area contributed by atoms with Crippen LogP contribution in [0.3, 0.4) is 0 Å². The molecule has 0 fully saturated rings. The third-order valence-corrected chi connectivity index (χ3v) is 10.3. The zero-order valence-electron chi connectivity index (χ0n) is 26.7. The van der Waals surface area contributed by atoms with Crippen molar-refractivity contribution in [1.29, 1.82) is 0 Å². The van der Waals surface area contributed by atoms with E-state index in [9.17, 15) is 28.8 Å². The Morgan fingerprint density at radius 2 is 1.22 bits per heavy atom. The first kappa shape index (κ1) is 41.8. The molecule has 4 atom stereocenters. The van der Waals surface area contributed by atoms with Gasteiger partial charge in [0.05, 0.1) is 11.8 Å². The van der Waals surface area contributed by atoms with Gasteiger partial charge in [-0.25, -0.2) is 14.4 Å². The highest BCUT2D eigenvalue weighted by molar-refractivity contribution is 6.60. The number of amides is 2. The van der Waals surface area contributed by atoms with Gasteiger partial charge in [-0.05, 0) is 47.5 Å². The Balaban J connectivity index is 7.09. The van der Waals surface area contributed by atoms with Crippen LogP contribution in [0.4, 0.5) is 0 Å². The van der Waals surface area contributed by atoms with Gasteiger partial charge in [-0.3, -0.25) is 14.4 Å². The van der Waals surface area contributed by atoms with Crippen molar-refractivity contribution in [3.63, 3.8) is 0 Å². The summed E-state index contributed by atoms with van der Waals surface area (Å²) in [5.41, 5.74) is -2.74. The summed E-state index contributed by atoms with van der Waals surface area (Å²) in [6, 6.07) is 0.252. The van der Waals surface area contributed by atoms with Crippen LogP contribution in [0.1, 0.15) is 54.4 Å². The van der Waals surface area contributed by atoms with Gasteiger partial charge in [-0.2, -0.15) is 23.6 Å². The van der Waals surface area contributed by atoms with Gasteiger partial charge in [-0.15, -0.1) is 0 Å². The molecular weight excluding hydrogens is 620 g/mol. The van der Waals surface area contributed by atoms with E-state index in [0.717, 1.165) is 4.90 Å². The average Bonchev–Trinajstić information content (AvgIpc) is 3.04. The molecule has 0 aliphatic carbocycles. The second-order valence-corrected chi connectivity index (χ2v) is 12.1. The van der Waals surface area contributed by atoms with Crippen LogP contribution in [0.5, 0.6) is 0 Å². The van der Waals surface area contributed by atoms with Gasteiger partial charge in [-0.1, -0.05) is 6.92 Å². The summed E-state index contributed by atoms with van der Waals surface area (Å²) in [6.45, 7) is 10.5. The second kappa shape index (κ2) is 20.7. The molecule has 2 amide bonds. The number of hydrogen-bond acceptors (Lipinski definition) is 17. The molecule has 0 aromatic carbocycles. The van der Waals surface area contributed by atoms with Crippen molar-refractivity contribution in [1.82, 2.24) is 10.2 Å². The normalized spacial score (nSPS) is 14.6. The molecule has 0 aliphatic rings. The Morgan fingerprint density at radius 3 is 1.60 bits per heavy atom. The molecule has 45 heavy (non-hydrogen) atoms. The molecule has 0 radical (unpaired) electrons. The van der Waals surface area contributed by atoms with E-state index >= 15 is 0 Å². The predicted molar refractivity (Wildman–Crippen MR) is 155 cm³/mol. The Bertz CT molecular complexity index is 985. The number of carbonyl (C=O) groups is 6. The van der Waals surface area contributed by atoms with Crippen LogP contribution in [0.15, 0.2) is 0 Å². The first-order chi connectivity index (χ1) is 21.4. The molecule has 0 aromatic heterocycles. The maximum Gasteiger partial charge on any atom is 0.500 e. The van der Waals surface area contributed by atoms with E-state index in [1.807, 2.05) is 0 Å². The molecule has 0 saturated carbocycles. The summed E-state index contributed by atoms with van der Waals surface area (Å²) in [5.74, 6) is 5.09. The molecule has 20 heteroatoms. The van der Waals surface area contributed by atoms with Crippen molar-refractivity contribution >= 4 is 44.5 Å². The summed E-state index contributed by atoms with van der Waals surface area (Å²) in [6.07, 6.45) is -0.388. The number of nitrogens with zero attached hydrogens (tertiary/aromatic N) is 1. The van der Waals surface area contributed by atoms with Gasteiger partial charge < -0.3 is 42.8 Å². The topological polar surface area (TPSA) is 286 Å². The molecule has 0 aromatic rings. The lowest BCUT2D eigenvalue weighted by Gasteiger charge is -2.39. The SMILES string of the molecule is CCO[Si](CCCNC(=O)C(CC)(C(=O)ON)[C@@H](C(=O)ON)C(C(=O)ON)C(C(=O)ON)C(=O)N(CC)CC)(OCC)OCC. The fourth-order valence-corrected chi connectivity index (χ4v) is 7.75. The molecule has 0 aliphatic heterocycles. The Hall–Kier alpha value is -3.24. The number of nitrogens with one attached hydrogen (secondary N) is 1. The fourth-order valence-electron chi connectivity index (χ4n) is 5.13. The Kier molecular flexibility index (Phi) is 19.2. The molecule has 0 rings (SSSR count). The van der Waals surface area contributed by atoms with Crippen molar-refractivity contribution in [2.75, 3.05) is 39.5 Å². The maximum absolute atomic E-state index is 13.9. The first-order valence-electron chi connectivity index (χ1n) is 14.5. The third kappa shape index (κ3) is 10.1. The highest BCUT2D eigenvalue weighted by Crippen LogP contribution is 2.43. The standard InChI is InChI=1S/C25H48N6O13Si/c1-7-25(24(37)44-29,23(36)30-14-13-15-45(38-10-4,39-11-5)40-12-6)18(22(35)43-28)16(20(33)41-26)17(21(34)42-27)19(32)31(8-2)9-3/h16-18H,7-15,26-29H2,1-6H3,(H,30,36)/t16?,17?,18-,25?/m1/s1. The Labute approximate surface area is 262 Å². The quantitative estimate of drug-likeness (QED) is 0.0372. The summed E-state index contributed by atoms with van der Waals surface area (Å²) >= 11 is 0. The van der Waals surface area contributed by atoms with Crippen LogP contribution in [0.25, 0.3) is 0 Å². The largest absolute Gasteiger partial charge is 0.500 e. The van der Waals surface area contributed by atoms with Gasteiger partial charge in [0.2, 0.25) is 11.8 Å². The van der Waals surface area contributed by atoms with Crippen molar-refractivity contribution in [3.05, 3.63) is 0 Å². The lowest BCUT2D eigenvalue weighted by Crippen LogP contribution is -2.61. The van der Waals surface area contributed by atoms with Gasteiger partial charge in [0.25, 0.3) is 0 Å². The van der Waals surface area contributed by atoms with Crippen molar-refractivity contribution < 1.29 is 61.4 Å². The molecule has 260 valence electrons. The van der Waals surface area contributed by atoms with Crippen LogP contribution in [-0.2, 0) is 61.4 Å². The van der Waals surface area contributed by atoms with Crippen LogP contribution < -0.4 is 28.9 Å². The molecule has 0 saturated heterocycles. The monoisotopic (exact) mass is 668 g/mol. The summed E-state index contributed by atoms with van der Waals surface area (Å²) in [4.78, 5) is 98.9. The zero-order chi connectivity index (χ0) is 34.8. The van der Waals surface area contributed by atoms with E-state index in [-0.39, 0.29) is 32.1 Å². The van der Waals surface area contributed by atoms with Gasteiger partial charge in [0.1, 0.15) is 0 Å². The molecule has 3 unspecified atom stereocenters. The molecule has 9 N–H and O–H groups in total. The van der Waals surface area contributed by atoms with Gasteiger partial charge in [0.15, 0.2) is 11.3 Å². The van der Waals surface area contributed by atoms with Crippen molar-refractivity contribution in [2.24, 2.45) is 46.8 Å². The maximum atomic E-state index is 13.9. The number of rotatable bonds is 22. The minimum Gasteiger partial charge on any atom is -0.374 e. The van der Waals surface area contributed by atoms with E-state index in [2.05, 4.69) is 24.7 Å². The van der Waals surface area contributed by atoms with Crippen LogP contribution in [0, 0.1) is 23.2 Å². The lowest BCUT2D eigenvalue weighted by molar-refractivity contribution is -0.188. The zero-order valence-corrected chi connectivity index (χ0v) is 27.7. The second-order valence-electron chi connectivity index (χ2n) is 9.37. The first-order valence-corrected chi connectivity index (χ1v) is 16.4. The van der Waals surface area contributed by atoms with Crippen LogP contribution in [0.2, 0.25) is 6.04 Å². The molecule has 0 heterocycles. The smallest absolute Gasteiger partial charge is 0.374 e. The van der Waals surface area contributed by atoms with E-state index in [1.165, 1.54) is 6.92 Å². The average molecular weight is 669 g/mol. The molecular formula is C25H48N6O13Si. The highest BCUT2D eigenvalue weighted by Gasteiger charge is 2.64. The van der Waals surface area contributed by atoms with Crippen LogP contribution in [-0.4, -0.2) is 88.9 Å². The van der Waals surface area contributed by atoms with E-state index in [4.69, 9.17) is 36.9 Å². The van der Waals surface area contributed by atoms with Crippen molar-refractivity contribution in [2.45, 2.75) is 60.4 Å². The van der Waals surface area contributed by atoms with Gasteiger partial charge in [0, 0.05) is 45.5 Å². The predicted octanol–water partition coefficient (Wildman–Crippen LogP) is -1.68. The Morgan fingerprint density at radius 1 is 0.733 bits per heavy atom. The number of nitrogens with two attached hydrogens (primary N) is 4. The molecule has 19 nitrogen and oxygen atoms in total. The third-order valence-electron chi connectivity index (χ3n) is 7.19. The van der Waals surface area contributed by atoms with Crippen molar-refractivity contribution in [3.8, 4) is 0 Å². The minimum absolute atomic E-state index is 0.0281.